The van der Waals surface area contributed by atoms with Gasteiger partial charge < -0.3 is 14.5 Å². The Balaban J connectivity index is 2.17. The predicted octanol–water partition coefficient (Wildman–Crippen LogP) is 4.22. The van der Waals surface area contributed by atoms with Crippen LogP contribution in [-0.2, 0) is 0 Å². The molecule has 1 aromatic carbocycles. The minimum atomic E-state index is -0.375. The molecule has 1 N–H and O–H groups in total. The highest BCUT2D eigenvalue weighted by Crippen LogP contribution is 2.27. The fourth-order valence-corrected chi connectivity index (χ4v) is 2.16. The van der Waals surface area contributed by atoms with Crippen molar-refractivity contribution in [3.05, 3.63) is 47.2 Å². The summed E-state index contributed by atoms with van der Waals surface area (Å²) in [5.74, 6) is 1.63. The van der Waals surface area contributed by atoms with Gasteiger partial charge in [-0.15, -0.1) is 0 Å². The molecule has 0 amide bonds. The van der Waals surface area contributed by atoms with Crippen LogP contribution in [0.15, 0.2) is 28.7 Å². The highest BCUT2D eigenvalue weighted by Gasteiger charge is 2.13. The van der Waals surface area contributed by atoms with Gasteiger partial charge in [0, 0.05) is 17.3 Å². The maximum Gasteiger partial charge on any atom is 0.167 e. The summed E-state index contributed by atoms with van der Waals surface area (Å²) >= 11 is 0. The van der Waals surface area contributed by atoms with Gasteiger partial charge in [0.25, 0.3) is 0 Å². The van der Waals surface area contributed by atoms with Gasteiger partial charge in [-0.25, -0.2) is 4.39 Å². The average Bonchev–Trinajstić information content (AvgIpc) is 2.69. The van der Waals surface area contributed by atoms with E-state index in [1.807, 2.05) is 26.8 Å². The molecule has 0 fully saturated rings. The topological polar surface area (TPSA) is 34.4 Å². The van der Waals surface area contributed by atoms with E-state index in [1.165, 1.54) is 13.2 Å². The van der Waals surface area contributed by atoms with Gasteiger partial charge in [0.15, 0.2) is 11.6 Å². The third kappa shape index (κ3) is 2.89. The molecule has 0 aliphatic carbocycles. The van der Waals surface area contributed by atoms with E-state index in [0.717, 1.165) is 17.1 Å². The van der Waals surface area contributed by atoms with E-state index in [0.29, 0.717) is 5.69 Å². The normalized spacial score (nSPS) is 12.3. The first-order chi connectivity index (χ1) is 9.01. The largest absolute Gasteiger partial charge is 0.494 e. The summed E-state index contributed by atoms with van der Waals surface area (Å²) in [5, 5.41) is 3.25. The van der Waals surface area contributed by atoms with Crippen molar-refractivity contribution in [2.24, 2.45) is 0 Å². The van der Waals surface area contributed by atoms with Gasteiger partial charge in [-0.1, -0.05) is 0 Å². The van der Waals surface area contributed by atoms with Crippen LogP contribution in [0.3, 0.4) is 0 Å². The molecule has 102 valence electrons. The van der Waals surface area contributed by atoms with E-state index in [2.05, 4.69) is 5.32 Å². The Hall–Kier alpha value is -1.97. The van der Waals surface area contributed by atoms with Crippen LogP contribution in [0.5, 0.6) is 5.75 Å². The quantitative estimate of drug-likeness (QED) is 0.897. The van der Waals surface area contributed by atoms with Gasteiger partial charge in [-0.05, 0) is 39.0 Å². The zero-order chi connectivity index (χ0) is 14.0. The van der Waals surface area contributed by atoms with Crippen molar-refractivity contribution < 1.29 is 13.5 Å². The molecule has 1 heterocycles. The fraction of sp³-hybridized carbons (Fsp3) is 0.333. The van der Waals surface area contributed by atoms with Gasteiger partial charge in [0.1, 0.15) is 11.5 Å². The van der Waals surface area contributed by atoms with E-state index in [9.17, 15) is 4.39 Å². The number of methoxy groups -OCH3 is 1. The van der Waals surface area contributed by atoms with E-state index < -0.39 is 0 Å². The maximum absolute atomic E-state index is 13.6. The van der Waals surface area contributed by atoms with E-state index >= 15 is 0 Å². The monoisotopic (exact) mass is 263 g/mol. The molecule has 0 spiro atoms. The van der Waals surface area contributed by atoms with Crippen LogP contribution in [0, 0.1) is 19.7 Å². The van der Waals surface area contributed by atoms with Gasteiger partial charge in [0.2, 0.25) is 0 Å². The lowest BCUT2D eigenvalue weighted by atomic mass is 10.1. The maximum atomic E-state index is 13.6. The molecule has 2 aromatic rings. The van der Waals surface area contributed by atoms with E-state index in [-0.39, 0.29) is 17.6 Å². The Kier molecular flexibility index (Phi) is 3.79. The van der Waals surface area contributed by atoms with Gasteiger partial charge >= 0.3 is 0 Å². The minimum Gasteiger partial charge on any atom is -0.494 e. The minimum absolute atomic E-state index is 0.0465. The predicted molar refractivity (Wildman–Crippen MR) is 73.2 cm³/mol. The van der Waals surface area contributed by atoms with Crippen molar-refractivity contribution in [2.75, 3.05) is 12.4 Å². The third-order valence-electron chi connectivity index (χ3n) is 3.08. The summed E-state index contributed by atoms with van der Waals surface area (Å²) in [6, 6.07) is 6.87. The third-order valence-corrected chi connectivity index (χ3v) is 3.08. The Morgan fingerprint density at radius 3 is 2.53 bits per heavy atom. The second-order valence-electron chi connectivity index (χ2n) is 4.58. The fourth-order valence-electron chi connectivity index (χ4n) is 2.16. The lowest BCUT2D eigenvalue weighted by Crippen LogP contribution is -2.07. The van der Waals surface area contributed by atoms with Crippen molar-refractivity contribution in [3.63, 3.8) is 0 Å². The average molecular weight is 263 g/mol. The van der Waals surface area contributed by atoms with Crippen LogP contribution in [0.1, 0.15) is 30.0 Å². The number of hydrogen-bond donors (Lipinski definition) is 1. The first-order valence-corrected chi connectivity index (χ1v) is 6.18. The molecule has 0 aliphatic rings. The number of anilines is 1. The summed E-state index contributed by atoms with van der Waals surface area (Å²) in [7, 11) is 1.45. The Morgan fingerprint density at radius 1 is 1.26 bits per heavy atom. The molecule has 19 heavy (non-hydrogen) atoms. The molecule has 0 saturated carbocycles. The summed E-state index contributed by atoms with van der Waals surface area (Å²) in [4.78, 5) is 0. The molecule has 0 radical (unpaired) electrons. The molecule has 2 rings (SSSR count). The molecule has 0 aliphatic heterocycles. The first kappa shape index (κ1) is 13.5. The lowest BCUT2D eigenvalue weighted by Gasteiger charge is -2.15. The number of hydrogen-bond acceptors (Lipinski definition) is 3. The van der Waals surface area contributed by atoms with Crippen molar-refractivity contribution >= 4 is 5.69 Å². The number of rotatable bonds is 4. The Morgan fingerprint density at radius 2 is 2.00 bits per heavy atom. The summed E-state index contributed by atoms with van der Waals surface area (Å²) in [6.07, 6.45) is 0. The molecule has 4 heteroatoms. The number of aryl methyl sites for hydroxylation is 2. The second kappa shape index (κ2) is 5.34. The zero-order valence-electron chi connectivity index (χ0n) is 11.6. The number of ether oxygens (including phenoxy) is 1. The zero-order valence-corrected chi connectivity index (χ0v) is 11.6. The van der Waals surface area contributed by atoms with E-state index in [4.69, 9.17) is 9.15 Å². The first-order valence-electron chi connectivity index (χ1n) is 6.18. The van der Waals surface area contributed by atoms with Gasteiger partial charge in [-0.2, -0.15) is 0 Å². The molecule has 0 saturated heterocycles. The Labute approximate surface area is 112 Å². The molecule has 1 aromatic heterocycles. The van der Waals surface area contributed by atoms with Gasteiger partial charge in [0.05, 0.1) is 13.2 Å². The smallest absolute Gasteiger partial charge is 0.167 e. The van der Waals surface area contributed by atoms with Crippen LogP contribution in [0.2, 0.25) is 0 Å². The molecular weight excluding hydrogens is 245 g/mol. The highest BCUT2D eigenvalue weighted by molar-refractivity contribution is 5.49. The summed E-state index contributed by atoms with van der Waals surface area (Å²) < 4.78 is 24.0. The lowest BCUT2D eigenvalue weighted by molar-refractivity contribution is 0.386. The van der Waals surface area contributed by atoms with Crippen LogP contribution in [-0.4, -0.2) is 7.11 Å². The van der Waals surface area contributed by atoms with Crippen LogP contribution < -0.4 is 10.1 Å². The number of nitrogens with one attached hydrogen (secondary N) is 1. The summed E-state index contributed by atoms with van der Waals surface area (Å²) in [5.41, 5.74) is 1.79. The molecule has 0 bridgehead atoms. The molecule has 3 nitrogen and oxygen atoms in total. The second-order valence-corrected chi connectivity index (χ2v) is 4.58. The van der Waals surface area contributed by atoms with Crippen LogP contribution >= 0.6 is 0 Å². The molecule has 1 atom stereocenters. The van der Waals surface area contributed by atoms with Crippen LogP contribution in [0.4, 0.5) is 10.1 Å². The summed E-state index contributed by atoms with van der Waals surface area (Å²) in [6.45, 7) is 5.85. The van der Waals surface area contributed by atoms with E-state index in [1.54, 1.807) is 12.1 Å². The highest BCUT2D eigenvalue weighted by atomic mass is 19.1. The SMILES string of the molecule is COc1ccc(NC(C)c2cc(C)oc2C)cc1F. The van der Waals surface area contributed by atoms with Crippen LogP contribution in [0.25, 0.3) is 0 Å². The molecule has 1 unspecified atom stereocenters. The number of furan rings is 1. The standard InChI is InChI=1S/C15H18FNO2/c1-9-7-13(11(3)19-9)10(2)17-12-5-6-15(18-4)14(16)8-12/h5-8,10,17H,1-4H3. The number of benzene rings is 1. The Bertz CT molecular complexity index is 578. The van der Waals surface area contributed by atoms with Crippen molar-refractivity contribution in [1.29, 1.82) is 0 Å². The number of halogens is 1. The van der Waals surface area contributed by atoms with Crippen molar-refractivity contribution in [1.82, 2.24) is 0 Å². The van der Waals surface area contributed by atoms with Gasteiger partial charge in [-0.3, -0.25) is 0 Å². The van der Waals surface area contributed by atoms with Crippen molar-refractivity contribution in [2.45, 2.75) is 26.8 Å². The van der Waals surface area contributed by atoms with Crippen molar-refractivity contribution in [3.8, 4) is 5.75 Å². The molecular formula is C15H18FNO2.